The van der Waals surface area contributed by atoms with Gasteiger partial charge in [0, 0.05) is 29.9 Å². The molecular weight excluding hydrogens is 396 g/mol. The predicted octanol–water partition coefficient (Wildman–Crippen LogP) is 3.42. The molecule has 1 fully saturated rings. The van der Waals surface area contributed by atoms with Gasteiger partial charge in [0.25, 0.3) is 5.56 Å². The summed E-state index contributed by atoms with van der Waals surface area (Å²) < 4.78 is 1.66. The highest BCUT2D eigenvalue weighted by atomic mass is 32.2. The van der Waals surface area contributed by atoms with Crippen molar-refractivity contribution in [3.05, 3.63) is 76.5 Å². The van der Waals surface area contributed by atoms with Crippen LogP contribution in [-0.4, -0.2) is 37.6 Å². The molecule has 150 valence electrons. The van der Waals surface area contributed by atoms with Crippen LogP contribution in [-0.2, 0) is 16.1 Å². The highest BCUT2D eigenvalue weighted by Gasteiger charge is 2.52. The third-order valence-electron chi connectivity index (χ3n) is 6.30. The van der Waals surface area contributed by atoms with Crippen LogP contribution in [0.4, 0.5) is 0 Å². The summed E-state index contributed by atoms with van der Waals surface area (Å²) in [6.07, 6.45) is 0.428. The molecule has 4 heterocycles. The summed E-state index contributed by atoms with van der Waals surface area (Å²) in [6, 6.07) is 16.9. The van der Waals surface area contributed by atoms with Crippen LogP contribution >= 0.6 is 11.8 Å². The average Bonchev–Trinajstić information content (AvgIpc) is 3.35. The van der Waals surface area contributed by atoms with Crippen LogP contribution in [0.15, 0.2) is 59.4 Å². The van der Waals surface area contributed by atoms with E-state index in [0.29, 0.717) is 29.7 Å². The van der Waals surface area contributed by atoms with Gasteiger partial charge in [0.15, 0.2) is 0 Å². The zero-order valence-corrected chi connectivity index (χ0v) is 17.3. The van der Waals surface area contributed by atoms with Gasteiger partial charge in [-0.25, -0.2) is 4.98 Å². The maximum Gasteiger partial charge on any atom is 0.262 e. The Balaban J connectivity index is 1.58. The van der Waals surface area contributed by atoms with Gasteiger partial charge in [0.05, 0.1) is 10.9 Å². The number of nitrogens with zero attached hydrogens (tertiary/aromatic N) is 3. The van der Waals surface area contributed by atoms with Gasteiger partial charge in [-0.1, -0.05) is 30.3 Å². The Morgan fingerprint density at radius 1 is 1.17 bits per heavy atom. The fraction of sp³-hybridized carbons (Fsp3) is 0.261. The largest absolute Gasteiger partial charge is 0.358 e. The van der Waals surface area contributed by atoms with E-state index in [2.05, 4.69) is 11.1 Å². The van der Waals surface area contributed by atoms with Crippen LogP contribution in [0.1, 0.15) is 24.5 Å². The quantitative estimate of drug-likeness (QED) is 0.544. The molecule has 2 aromatic heterocycles. The number of H-pyrrole nitrogens is 1. The van der Waals surface area contributed by atoms with Crippen molar-refractivity contribution in [2.24, 2.45) is 0 Å². The summed E-state index contributed by atoms with van der Waals surface area (Å²) in [6.45, 7) is 2.68. The Hall–Kier alpha value is -3.06. The molecule has 0 radical (unpaired) electrons. The molecule has 2 atom stereocenters. The van der Waals surface area contributed by atoms with Gasteiger partial charge in [0.2, 0.25) is 5.91 Å². The Labute approximate surface area is 176 Å². The third-order valence-corrected chi connectivity index (χ3v) is 7.65. The molecule has 1 N–H and O–H groups in total. The minimum atomic E-state index is -0.614. The first-order chi connectivity index (χ1) is 14.6. The van der Waals surface area contributed by atoms with Crippen molar-refractivity contribution in [3.63, 3.8) is 0 Å². The van der Waals surface area contributed by atoms with Crippen molar-refractivity contribution in [1.82, 2.24) is 19.4 Å². The standard InChI is InChI=1S/C23H20N4O2S/c1-23-22-25-18-9-5-3-7-16(18)20(28)27(22)19(21(29)26(23)10-11-30-23)13-15-12-14-6-2-4-8-17(14)24-15/h2-9,12,19,24H,10-11,13H2,1H3/t19-,23+/m1/s1. The summed E-state index contributed by atoms with van der Waals surface area (Å²) in [5, 5.41) is 1.65. The van der Waals surface area contributed by atoms with E-state index in [1.165, 1.54) is 0 Å². The number of aromatic nitrogens is 3. The molecule has 6 rings (SSSR count). The molecule has 6 nitrogen and oxygen atoms in total. The molecule has 7 heteroatoms. The number of carbonyl (C=O) groups is 1. The van der Waals surface area contributed by atoms with E-state index < -0.39 is 10.9 Å². The van der Waals surface area contributed by atoms with Crippen molar-refractivity contribution in [1.29, 1.82) is 0 Å². The van der Waals surface area contributed by atoms with Crippen molar-refractivity contribution < 1.29 is 4.79 Å². The van der Waals surface area contributed by atoms with E-state index in [0.717, 1.165) is 22.3 Å². The molecule has 1 amide bonds. The fourth-order valence-electron chi connectivity index (χ4n) is 4.82. The monoisotopic (exact) mass is 416 g/mol. The molecular formula is C23H20N4O2S. The topological polar surface area (TPSA) is 71.0 Å². The molecule has 30 heavy (non-hydrogen) atoms. The first kappa shape index (κ1) is 17.8. The summed E-state index contributed by atoms with van der Waals surface area (Å²) in [5.74, 6) is 1.51. The number of hydrogen-bond acceptors (Lipinski definition) is 4. The molecule has 2 aliphatic rings. The van der Waals surface area contributed by atoms with Crippen LogP contribution in [0.2, 0.25) is 0 Å². The first-order valence-corrected chi connectivity index (χ1v) is 11.1. The zero-order valence-electron chi connectivity index (χ0n) is 16.5. The highest BCUT2D eigenvalue weighted by molar-refractivity contribution is 8.00. The van der Waals surface area contributed by atoms with Crippen molar-refractivity contribution >= 4 is 39.5 Å². The van der Waals surface area contributed by atoms with Crippen LogP contribution in [0, 0.1) is 0 Å². The van der Waals surface area contributed by atoms with Gasteiger partial charge in [-0.2, -0.15) is 0 Å². The number of benzene rings is 2. The minimum absolute atomic E-state index is 0.00663. The molecule has 0 bridgehead atoms. The molecule has 2 aliphatic heterocycles. The van der Waals surface area contributed by atoms with Crippen molar-refractivity contribution in [2.75, 3.05) is 12.3 Å². The van der Waals surface area contributed by atoms with Gasteiger partial charge in [0.1, 0.15) is 16.7 Å². The van der Waals surface area contributed by atoms with E-state index >= 15 is 0 Å². The Morgan fingerprint density at radius 2 is 1.97 bits per heavy atom. The number of thioether (sulfide) groups is 1. The SMILES string of the molecule is C[C@@]12SCCN1C(=O)[C@@H](Cc1cc3ccccc3[nH]1)n1c2nc2ccccc2c1=O. The Morgan fingerprint density at radius 3 is 2.83 bits per heavy atom. The smallest absolute Gasteiger partial charge is 0.262 e. The van der Waals surface area contributed by atoms with Gasteiger partial charge >= 0.3 is 0 Å². The normalized spacial score (nSPS) is 23.2. The van der Waals surface area contributed by atoms with Gasteiger partial charge in [-0.05, 0) is 36.6 Å². The molecule has 0 saturated carbocycles. The van der Waals surface area contributed by atoms with E-state index in [9.17, 15) is 9.59 Å². The maximum absolute atomic E-state index is 13.6. The number of fused-ring (bicyclic) bond motifs is 5. The van der Waals surface area contributed by atoms with E-state index in [1.54, 1.807) is 22.4 Å². The van der Waals surface area contributed by atoms with Gasteiger partial charge in [-0.15, -0.1) is 11.8 Å². The highest BCUT2D eigenvalue weighted by Crippen LogP contribution is 2.48. The summed E-state index contributed by atoms with van der Waals surface area (Å²) in [4.78, 5) is 36.7. The minimum Gasteiger partial charge on any atom is -0.358 e. The number of carbonyl (C=O) groups excluding carboxylic acids is 1. The zero-order chi connectivity index (χ0) is 20.5. The molecule has 4 aromatic rings. The van der Waals surface area contributed by atoms with Gasteiger partial charge < -0.3 is 9.88 Å². The number of amides is 1. The van der Waals surface area contributed by atoms with E-state index in [1.807, 2.05) is 54.3 Å². The lowest BCUT2D eigenvalue weighted by molar-refractivity contribution is -0.140. The Bertz CT molecular complexity index is 1360. The van der Waals surface area contributed by atoms with E-state index in [-0.39, 0.29) is 11.5 Å². The fourth-order valence-corrected chi connectivity index (χ4v) is 6.10. The van der Waals surface area contributed by atoms with Crippen LogP contribution in [0.3, 0.4) is 0 Å². The third kappa shape index (κ3) is 2.35. The summed E-state index contributed by atoms with van der Waals surface area (Å²) in [5.41, 5.74) is 2.51. The van der Waals surface area contributed by atoms with Crippen LogP contribution in [0.25, 0.3) is 21.8 Å². The summed E-state index contributed by atoms with van der Waals surface area (Å²) >= 11 is 1.68. The molecule has 0 unspecified atom stereocenters. The van der Waals surface area contributed by atoms with Crippen LogP contribution < -0.4 is 5.56 Å². The second-order valence-electron chi connectivity index (χ2n) is 8.05. The molecule has 0 spiro atoms. The first-order valence-electron chi connectivity index (χ1n) is 10.1. The lowest BCUT2D eigenvalue weighted by Crippen LogP contribution is -2.55. The number of nitrogens with one attached hydrogen (secondary N) is 1. The van der Waals surface area contributed by atoms with E-state index in [4.69, 9.17) is 4.98 Å². The summed E-state index contributed by atoms with van der Waals surface area (Å²) in [7, 11) is 0. The maximum atomic E-state index is 13.6. The number of rotatable bonds is 2. The second kappa shape index (κ2) is 6.22. The Kier molecular flexibility index (Phi) is 3.68. The van der Waals surface area contributed by atoms with Crippen molar-refractivity contribution in [3.8, 4) is 0 Å². The molecule has 1 saturated heterocycles. The van der Waals surface area contributed by atoms with Crippen LogP contribution in [0.5, 0.6) is 0 Å². The number of hydrogen-bond donors (Lipinski definition) is 1. The lowest BCUT2D eigenvalue weighted by atomic mass is 10.0. The number of aromatic amines is 1. The van der Waals surface area contributed by atoms with Crippen molar-refractivity contribution in [2.45, 2.75) is 24.3 Å². The predicted molar refractivity (Wildman–Crippen MR) is 119 cm³/mol. The van der Waals surface area contributed by atoms with Gasteiger partial charge in [-0.3, -0.25) is 14.2 Å². The molecule has 0 aliphatic carbocycles. The number of para-hydroxylation sites is 2. The molecule has 2 aromatic carbocycles. The lowest BCUT2D eigenvalue weighted by Gasteiger charge is -2.43. The average molecular weight is 417 g/mol. The second-order valence-corrected chi connectivity index (χ2v) is 9.54.